The fourth-order valence-electron chi connectivity index (χ4n) is 2.41. The summed E-state index contributed by atoms with van der Waals surface area (Å²) in [5.41, 5.74) is -0.199. The Kier molecular flexibility index (Phi) is 4.57. The molecule has 8 heteroatoms. The Hall–Kier alpha value is -3.81. The van der Waals surface area contributed by atoms with Gasteiger partial charge in [-0.2, -0.15) is 0 Å². The van der Waals surface area contributed by atoms with Crippen molar-refractivity contribution in [2.24, 2.45) is 0 Å². The Bertz CT molecular complexity index is 916. The number of nitro groups is 1. The Morgan fingerprint density at radius 3 is 1.85 bits per heavy atom. The van der Waals surface area contributed by atoms with E-state index in [2.05, 4.69) is 5.16 Å². The SMILES string of the molecule is Cc1noc(N(C(=O)c2ccccc2)C(=O)c2ccccc2)c1[N+](=O)[O-]. The third-order valence-corrected chi connectivity index (χ3v) is 3.65. The molecule has 0 fully saturated rings. The minimum Gasteiger partial charge on any atom is -0.330 e. The molecule has 1 heterocycles. The van der Waals surface area contributed by atoms with Crippen molar-refractivity contribution in [1.29, 1.82) is 0 Å². The van der Waals surface area contributed by atoms with Crippen LogP contribution in [0.5, 0.6) is 0 Å². The van der Waals surface area contributed by atoms with Crippen molar-refractivity contribution in [3.63, 3.8) is 0 Å². The first kappa shape index (κ1) is 17.0. The lowest BCUT2D eigenvalue weighted by Gasteiger charge is -2.17. The van der Waals surface area contributed by atoms with Gasteiger partial charge in [0.15, 0.2) is 5.69 Å². The summed E-state index contributed by atoms with van der Waals surface area (Å²) in [5, 5.41) is 14.9. The van der Waals surface area contributed by atoms with Crippen LogP contribution in [0.15, 0.2) is 65.2 Å². The lowest BCUT2D eigenvalue weighted by atomic mass is 10.1. The van der Waals surface area contributed by atoms with Crippen molar-refractivity contribution in [3.8, 4) is 0 Å². The van der Waals surface area contributed by atoms with E-state index in [4.69, 9.17) is 4.52 Å². The van der Waals surface area contributed by atoms with Crippen LogP contribution >= 0.6 is 0 Å². The molecule has 0 unspecified atom stereocenters. The van der Waals surface area contributed by atoms with Gasteiger partial charge in [0.1, 0.15) is 0 Å². The molecule has 0 spiro atoms. The van der Waals surface area contributed by atoms with E-state index >= 15 is 0 Å². The number of nitrogens with zero attached hydrogens (tertiary/aromatic N) is 3. The monoisotopic (exact) mass is 351 g/mol. The molecule has 0 radical (unpaired) electrons. The first-order chi connectivity index (χ1) is 12.5. The maximum absolute atomic E-state index is 12.9. The summed E-state index contributed by atoms with van der Waals surface area (Å²) in [6.07, 6.45) is 0. The molecule has 0 saturated carbocycles. The van der Waals surface area contributed by atoms with Crippen LogP contribution in [0.25, 0.3) is 0 Å². The predicted octanol–water partition coefficient (Wildman–Crippen LogP) is 3.38. The zero-order chi connectivity index (χ0) is 18.7. The van der Waals surface area contributed by atoms with E-state index in [0.717, 1.165) is 0 Å². The summed E-state index contributed by atoms with van der Waals surface area (Å²) in [4.78, 5) is 37.2. The number of imide groups is 1. The van der Waals surface area contributed by atoms with Crippen LogP contribution in [0.2, 0.25) is 0 Å². The molecule has 0 saturated heterocycles. The molecular formula is C18H13N3O5. The van der Waals surface area contributed by atoms with E-state index < -0.39 is 28.3 Å². The van der Waals surface area contributed by atoms with Crippen LogP contribution in [-0.4, -0.2) is 21.9 Å². The quantitative estimate of drug-likeness (QED) is 0.405. The van der Waals surface area contributed by atoms with E-state index in [-0.39, 0.29) is 16.8 Å². The number of anilines is 1. The van der Waals surface area contributed by atoms with Crippen LogP contribution in [0.3, 0.4) is 0 Å². The van der Waals surface area contributed by atoms with Crippen molar-refractivity contribution in [2.45, 2.75) is 6.92 Å². The minimum absolute atomic E-state index is 0.0308. The highest BCUT2D eigenvalue weighted by molar-refractivity contribution is 6.25. The summed E-state index contributed by atoms with van der Waals surface area (Å²) in [5.74, 6) is -2.02. The zero-order valence-corrected chi connectivity index (χ0v) is 13.7. The molecule has 8 nitrogen and oxygen atoms in total. The highest BCUT2D eigenvalue weighted by Crippen LogP contribution is 2.33. The van der Waals surface area contributed by atoms with Gasteiger partial charge in [0.05, 0.1) is 4.92 Å². The highest BCUT2D eigenvalue weighted by Gasteiger charge is 2.37. The second-order valence-corrected chi connectivity index (χ2v) is 5.36. The average Bonchev–Trinajstić information content (AvgIpc) is 3.04. The summed E-state index contributed by atoms with van der Waals surface area (Å²) in [7, 11) is 0. The first-order valence-corrected chi connectivity index (χ1v) is 7.60. The van der Waals surface area contributed by atoms with Gasteiger partial charge < -0.3 is 4.52 Å². The molecule has 0 aliphatic heterocycles. The molecule has 3 aromatic rings. The molecule has 0 bridgehead atoms. The molecule has 3 rings (SSSR count). The van der Waals surface area contributed by atoms with Crippen molar-refractivity contribution < 1.29 is 19.0 Å². The highest BCUT2D eigenvalue weighted by atomic mass is 16.6. The molecule has 0 aliphatic carbocycles. The normalized spacial score (nSPS) is 10.3. The van der Waals surface area contributed by atoms with Gasteiger partial charge in [-0.15, -0.1) is 0 Å². The third kappa shape index (κ3) is 3.07. The molecule has 0 aliphatic rings. The van der Waals surface area contributed by atoms with Crippen molar-refractivity contribution in [1.82, 2.24) is 5.16 Å². The third-order valence-electron chi connectivity index (χ3n) is 3.65. The van der Waals surface area contributed by atoms with Gasteiger partial charge in [0.2, 0.25) is 0 Å². The second kappa shape index (κ2) is 6.98. The fraction of sp³-hybridized carbons (Fsp3) is 0.0556. The van der Waals surface area contributed by atoms with E-state index in [0.29, 0.717) is 4.90 Å². The number of benzene rings is 2. The Morgan fingerprint density at radius 1 is 0.962 bits per heavy atom. The van der Waals surface area contributed by atoms with Crippen LogP contribution in [0.1, 0.15) is 26.4 Å². The van der Waals surface area contributed by atoms with Gasteiger partial charge in [-0.25, -0.2) is 4.90 Å². The summed E-state index contributed by atoms with van der Waals surface area (Å²) < 4.78 is 5.00. The number of aromatic nitrogens is 1. The van der Waals surface area contributed by atoms with Gasteiger partial charge in [-0.1, -0.05) is 41.6 Å². The predicted molar refractivity (Wildman–Crippen MR) is 91.9 cm³/mol. The number of aryl methyl sites for hydroxylation is 1. The standard InChI is InChI=1S/C18H13N3O5/c1-12-15(21(24)25)18(26-19-12)20(16(22)13-8-4-2-5-9-13)17(23)14-10-6-3-7-11-14/h2-11H,1H3. The van der Waals surface area contributed by atoms with Crippen LogP contribution in [-0.2, 0) is 0 Å². The van der Waals surface area contributed by atoms with Crippen LogP contribution < -0.4 is 4.90 Å². The van der Waals surface area contributed by atoms with Crippen LogP contribution in [0, 0.1) is 17.0 Å². The lowest BCUT2D eigenvalue weighted by molar-refractivity contribution is -0.384. The largest absolute Gasteiger partial charge is 0.356 e. The van der Waals surface area contributed by atoms with Crippen molar-refractivity contribution in [3.05, 3.63) is 87.6 Å². The minimum atomic E-state index is -0.751. The number of carbonyl (C=O) groups excluding carboxylic acids is 2. The van der Waals surface area contributed by atoms with Gasteiger partial charge >= 0.3 is 11.6 Å². The maximum Gasteiger partial charge on any atom is 0.356 e. The first-order valence-electron chi connectivity index (χ1n) is 7.60. The number of hydrogen-bond donors (Lipinski definition) is 0. The second-order valence-electron chi connectivity index (χ2n) is 5.36. The molecular weight excluding hydrogens is 338 g/mol. The smallest absolute Gasteiger partial charge is 0.330 e. The Morgan fingerprint density at radius 2 is 1.42 bits per heavy atom. The number of amides is 2. The summed E-state index contributed by atoms with van der Waals surface area (Å²) in [6.45, 7) is 1.36. The molecule has 0 N–H and O–H groups in total. The average molecular weight is 351 g/mol. The van der Waals surface area contributed by atoms with Gasteiger partial charge in [0.25, 0.3) is 11.8 Å². The van der Waals surface area contributed by atoms with Crippen molar-refractivity contribution >= 4 is 23.4 Å². The molecule has 1 aromatic heterocycles. The van der Waals surface area contributed by atoms with Gasteiger partial charge in [0, 0.05) is 11.1 Å². The summed E-state index contributed by atoms with van der Waals surface area (Å²) >= 11 is 0. The topological polar surface area (TPSA) is 107 Å². The molecule has 26 heavy (non-hydrogen) atoms. The molecule has 2 aromatic carbocycles. The lowest BCUT2D eigenvalue weighted by Crippen LogP contribution is -2.37. The van der Waals surface area contributed by atoms with Crippen molar-refractivity contribution in [2.75, 3.05) is 4.90 Å². The Balaban J connectivity index is 2.16. The zero-order valence-electron chi connectivity index (χ0n) is 13.7. The van der Waals surface area contributed by atoms with E-state index in [1.54, 1.807) is 36.4 Å². The van der Waals surface area contributed by atoms with Gasteiger partial charge in [-0.3, -0.25) is 19.7 Å². The molecule has 130 valence electrons. The molecule has 0 atom stereocenters. The van der Waals surface area contributed by atoms with Gasteiger partial charge in [-0.05, 0) is 31.2 Å². The maximum atomic E-state index is 12.9. The Labute approximate surface area is 147 Å². The number of hydrogen-bond acceptors (Lipinski definition) is 6. The number of carbonyl (C=O) groups is 2. The molecule has 2 amide bonds. The number of rotatable bonds is 4. The van der Waals surface area contributed by atoms with E-state index in [9.17, 15) is 19.7 Å². The fourth-order valence-corrected chi connectivity index (χ4v) is 2.41. The van der Waals surface area contributed by atoms with E-state index in [1.807, 2.05) is 0 Å². The summed E-state index contributed by atoms with van der Waals surface area (Å²) in [6, 6.07) is 15.9. The van der Waals surface area contributed by atoms with Crippen LogP contribution in [0.4, 0.5) is 11.6 Å². The van der Waals surface area contributed by atoms with E-state index in [1.165, 1.54) is 31.2 Å².